The third-order valence-corrected chi connectivity index (χ3v) is 8.58. The summed E-state index contributed by atoms with van der Waals surface area (Å²) in [6.45, 7) is 2.67. The minimum absolute atomic E-state index is 0.104. The molecular formula is C21H21ClN4O3S2. The quantitative estimate of drug-likeness (QED) is 0.592. The van der Waals surface area contributed by atoms with Gasteiger partial charge in [-0.15, -0.1) is 10.2 Å². The Morgan fingerprint density at radius 1 is 1.16 bits per heavy atom. The Bertz CT molecular complexity index is 1200. The molecule has 1 aromatic heterocycles. The summed E-state index contributed by atoms with van der Waals surface area (Å²) in [6.07, 6.45) is 1.47. The molecule has 1 N–H and O–H groups in total. The summed E-state index contributed by atoms with van der Waals surface area (Å²) in [5.74, 6) is -0.451. The number of aromatic nitrogens is 2. The van der Waals surface area contributed by atoms with Gasteiger partial charge in [-0.25, -0.2) is 8.42 Å². The van der Waals surface area contributed by atoms with Gasteiger partial charge in [0.05, 0.1) is 5.02 Å². The zero-order chi connectivity index (χ0) is 22.0. The number of anilines is 1. The van der Waals surface area contributed by atoms with Crippen molar-refractivity contribution in [2.24, 2.45) is 0 Å². The second kappa shape index (κ2) is 9.04. The molecule has 2 heterocycles. The van der Waals surface area contributed by atoms with Gasteiger partial charge in [0.2, 0.25) is 15.0 Å². The van der Waals surface area contributed by atoms with Crippen molar-refractivity contribution in [2.75, 3.05) is 18.4 Å². The first kappa shape index (κ1) is 21.9. The highest BCUT2D eigenvalue weighted by molar-refractivity contribution is 7.89. The lowest BCUT2D eigenvalue weighted by Gasteiger charge is -2.30. The largest absolute Gasteiger partial charge is 0.320 e. The number of benzene rings is 2. The maximum absolute atomic E-state index is 13.1. The highest BCUT2D eigenvalue weighted by Gasteiger charge is 2.33. The van der Waals surface area contributed by atoms with E-state index in [1.54, 1.807) is 18.2 Å². The van der Waals surface area contributed by atoms with E-state index in [0.717, 1.165) is 12.0 Å². The number of halogens is 1. The van der Waals surface area contributed by atoms with Crippen LogP contribution in [0.25, 0.3) is 0 Å². The van der Waals surface area contributed by atoms with Crippen molar-refractivity contribution in [3.63, 3.8) is 0 Å². The van der Waals surface area contributed by atoms with Crippen molar-refractivity contribution in [3.05, 3.63) is 69.1 Å². The molecule has 0 bridgehead atoms. The van der Waals surface area contributed by atoms with Gasteiger partial charge in [0.15, 0.2) is 0 Å². The first-order valence-electron chi connectivity index (χ1n) is 9.80. The van der Waals surface area contributed by atoms with E-state index >= 15 is 0 Å². The molecule has 0 saturated carbocycles. The third kappa shape index (κ3) is 4.79. The van der Waals surface area contributed by atoms with Crippen molar-refractivity contribution >= 4 is 44.6 Å². The number of piperidine rings is 1. The molecule has 7 nitrogen and oxygen atoms in total. The lowest BCUT2D eigenvalue weighted by molar-refractivity contribution is 0.102. The molecule has 1 atom stereocenters. The number of nitrogens with zero attached hydrogens (tertiary/aromatic N) is 3. The van der Waals surface area contributed by atoms with Gasteiger partial charge in [-0.05, 0) is 44.0 Å². The molecule has 1 fully saturated rings. The Labute approximate surface area is 190 Å². The Balaban J connectivity index is 1.48. The highest BCUT2D eigenvalue weighted by Crippen LogP contribution is 2.33. The number of hydrogen-bond acceptors (Lipinski definition) is 6. The monoisotopic (exact) mass is 476 g/mol. The zero-order valence-corrected chi connectivity index (χ0v) is 19.2. The van der Waals surface area contributed by atoms with Crippen LogP contribution in [0.5, 0.6) is 0 Å². The number of carbonyl (C=O) groups is 1. The number of hydrogen-bond donors (Lipinski definition) is 1. The van der Waals surface area contributed by atoms with Crippen molar-refractivity contribution < 1.29 is 13.2 Å². The van der Waals surface area contributed by atoms with Crippen molar-refractivity contribution in [3.8, 4) is 0 Å². The average molecular weight is 477 g/mol. The second-order valence-corrected chi connectivity index (χ2v) is 10.7. The summed E-state index contributed by atoms with van der Waals surface area (Å²) >= 11 is 7.32. The van der Waals surface area contributed by atoms with Crippen LogP contribution in [0, 0.1) is 6.92 Å². The van der Waals surface area contributed by atoms with Crippen LogP contribution in [0.1, 0.15) is 39.1 Å². The molecule has 10 heteroatoms. The van der Waals surface area contributed by atoms with Crippen LogP contribution in [0.4, 0.5) is 5.69 Å². The van der Waals surface area contributed by atoms with E-state index in [9.17, 15) is 13.2 Å². The second-order valence-electron chi connectivity index (χ2n) is 7.40. The van der Waals surface area contributed by atoms with Crippen LogP contribution in [-0.2, 0) is 10.0 Å². The number of carbonyl (C=O) groups excluding carboxylic acids is 1. The topological polar surface area (TPSA) is 92.3 Å². The van der Waals surface area contributed by atoms with Gasteiger partial charge in [-0.3, -0.25) is 4.79 Å². The molecule has 1 saturated heterocycles. The average Bonchev–Trinajstić information content (AvgIpc) is 3.26. The summed E-state index contributed by atoms with van der Waals surface area (Å²) in [5, 5.41) is 12.1. The molecule has 0 radical (unpaired) electrons. The Hall–Kier alpha value is -2.33. The maximum atomic E-state index is 13.1. The smallest absolute Gasteiger partial charge is 0.286 e. The summed E-state index contributed by atoms with van der Waals surface area (Å²) in [6, 6.07) is 13.9. The van der Waals surface area contributed by atoms with Crippen molar-refractivity contribution in [2.45, 2.75) is 30.6 Å². The molecule has 0 aliphatic carbocycles. The van der Waals surface area contributed by atoms with Gasteiger partial charge in [0.1, 0.15) is 9.90 Å². The molecule has 162 valence electrons. The summed E-state index contributed by atoms with van der Waals surface area (Å²) in [5.41, 5.74) is 1.78. The van der Waals surface area contributed by atoms with Crippen molar-refractivity contribution in [1.29, 1.82) is 0 Å². The molecule has 1 aliphatic rings. The molecule has 3 aromatic rings. The molecule has 31 heavy (non-hydrogen) atoms. The first-order chi connectivity index (χ1) is 14.8. The van der Waals surface area contributed by atoms with E-state index in [-0.39, 0.29) is 33.3 Å². The van der Waals surface area contributed by atoms with Crippen molar-refractivity contribution in [1.82, 2.24) is 14.5 Å². The van der Waals surface area contributed by atoms with Gasteiger partial charge in [-0.1, -0.05) is 52.8 Å². The van der Waals surface area contributed by atoms with Gasteiger partial charge in [0.25, 0.3) is 5.91 Å². The van der Waals surface area contributed by atoms with Gasteiger partial charge >= 0.3 is 0 Å². The fourth-order valence-electron chi connectivity index (χ4n) is 3.47. The van der Waals surface area contributed by atoms with Crippen LogP contribution in [-0.4, -0.2) is 41.9 Å². The fraction of sp³-hybridized carbons (Fsp3) is 0.286. The Kier molecular flexibility index (Phi) is 6.38. The zero-order valence-electron chi connectivity index (χ0n) is 16.8. The molecular weight excluding hydrogens is 456 g/mol. The van der Waals surface area contributed by atoms with Gasteiger partial charge in [-0.2, -0.15) is 4.31 Å². The van der Waals surface area contributed by atoms with E-state index in [1.165, 1.54) is 21.7 Å². The van der Waals surface area contributed by atoms with E-state index in [1.807, 2.05) is 31.2 Å². The summed E-state index contributed by atoms with van der Waals surface area (Å²) in [4.78, 5) is 12.6. The Morgan fingerprint density at radius 2 is 1.90 bits per heavy atom. The third-order valence-electron chi connectivity index (χ3n) is 5.13. The number of rotatable bonds is 5. The van der Waals surface area contributed by atoms with E-state index in [2.05, 4.69) is 15.5 Å². The maximum Gasteiger partial charge on any atom is 0.286 e. The minimum Gasteiger partial charge on any atom is -0.320 e. The molecule has 1 unspecified atom stereocenters. The molecule has 4 rings (SSSR count). The normalized spacial score (nSPS) is 17.4. The number of nitrogens with one attached hydrogen (secondary N) is 1. The van der Waals surface area contributed by atoms with Crippen LogP contribution in [0.3, 0.4) is 0 Å². The Morgan fingerprint density at radius 3 is 2.65 bits per heavy atom. The van der Waals surface area contributed by atoms with Crippen LogP contribution >= 0.6 is 22.9 Å². The molecule has 1 aliphatic heterocycles. The predicted octanol–water partition coefficient (Wildman–Crippen LogP) is 4.32. The van der Waals surface area contributed by atoms with E-state index in [0.29, 0.717) is 23.7 Å². The van der Waals surface area contributed by atoms with Gasteiger partial charge in [0, 0.05) is 24.7 Å². The molecule has 0 spiro atoms. The van der Waals surface area contributed by atoms with E-state index < -0.39 is 10.0 Å². The lowest BCUT2D eigenvalue weighted by Crippen LogP contribution is -2.39. The van der Waals surface area contributed by atoms with Crippen LogP contribution < -0.4 is 5.32 Å². The highest BCUT2D eigenvalue weighted by atomic mass is 35.5. The number of amides is 1. The standard InChI is InChI=1S/C21H21ClN4O3S2/c1-14-8-10-16(11-9-14)23-19(27)21-25-24-20(30-21)15-5-4-12-26(13-15)31(28,29)18-7-3-2-6-17(18)22/h2-3,6-11,15H,4-5,12-13H2,1H3,(H,23,27). The van der Waals surface area contributed by atoms with E-state index in [4.69, 9.17) is 11.6 Å². The summed E-state index contributed by atoms with van der Waals surface area (Å²) < 4.78 is 27.6. The number of aryl methyl sites for hydroxylation is 1. The fourth-order valence-corrected chi connectivity index (χ4v) is 6.35. The SMILES string of the molecule is Cc1ccc(NC(=O)c2nnc(C3CCCN(S(=O)(=O)c4ccccc4Cl)C3)s2)cc1. The first-order valence-corrected chi connectivity index (χ1v) is 12.4. The summed E-state index contributed by atoms with van der Waals surface area (Å²) in [7, 11) is -3.71. The molecule has 1 amide bonds. The minimum atomic E-state index is -3.71. The number of sulfonamides is 1. The van der Waals surface area contributed by atoms with Crippen LogP contribution in [0.2, 0.25) is 5.02 Å². The predicted molar refractivity (Wildman–Crippen MR) is 121 cm³/mol. The molecule has 2 aromatic carbocycles. The van der Waals surface area contributed by atoms with Crippen LogP contribution in [0.15, 0.2) is 53.4 Å². The lowest BCUT2D eigenvalue weighted by atomic mass is 10.0. The van der Waals surface area contributed by atoms with Gasteiger partial charge < -0.3 is 5.32 Å².